The molecule has 0 bridgehead atoms. The van der Waals surface area contributed by atoms with Crippen LogP contribution in [0.4, 0.5) is 4.39 Å². The summed E-state index contributed by atoms with van der Waals surface area (Å²) in [4.78, 5) is 0. The van der Waals surface area contributed by atoms with Gasteiger partial charge in [-0.3, -0.25) is 0 Å². The van der Waals surface area contributed by atoms with Crippen LogP contribution in [-0.4, -0.2) is 31.7 Å². The minimum atomic E-state index is -1.93. The summed E-state index contributed by atoms with van der Waals surface area (Å²) in [6, 6.07) is 5.39. The fraction of sp³-hybridized carbons (Fsp3) is 0.727. The zero-order valence-corrected chi connectivity index (χ0v) is 21.0. The normalized spacial score (nSPS) is 24.0. The van der Waals surface area contributed by atoms with E-state index < -0.39 is 8.32 Å². The third-order valence-corrected chi connectivity index (χ3v) is 12.2. The number of hydrogen-bond donors (Lipinski definition) is 2. The van der Waals surface area contributed by atoms with Gasteiger partial charge in [0, 0.05) is 18.2 Å². The number of nitrogens with one attached hydrogen (secondary N) is 1. The van der Waals surface area contributed by atoms with Gasteiger partial charge < -0.3 is 14.8 Å². The highest BCUT2D eigenvalue weighted by molar-refractivity contribution is 9.10. The largest absolute Gasteiger partial charge is 0.410 e. The van der Waals surface area contributed by atoms with Crippen molar-refractivity contribution in [2.75, 3.05) is 6.61 Å². The second-order valence-electron chi connectivity index (χ2n) is 10.2. The summed E-state index contributed by atoms with van der Waals surface area (Å²) < 4.78 is 21.6. The lowest BCUT2D eigenvalue weighted by molar-refractivity contribution is 0.0502. The molecule has 1 aliphatic rings. The quantitative estimate of drug-likeness (QED) is 0.469. The van der Waals surface area contributed by atoms with Crippen LogP contribution in [0.5, 0.6) is 0 Å². The van der Waals surface area contributed by atoms with E-state index in [1.165, 1.54) is 6.07 Å². The highest BCUT2D eigenvalue weighted by Crippen LogP contribution is 2.46. The van der Waals surface area contributed by atoms with E-state index in [1.54, 1.807) is 6.07 Å². The van der Waals surface area contributed by atoms with Gasteiger partial charge in [-0.15, -0.1) is 0 Å². The van der Waals surface area contributed by atoms with Gasteiger partial charge in [0.05, 0.1) is 10.1 Å². The average molecular weight is 475 g/mol. The fourth-order valence-corrected chi connectivity index (χ4v) is 6.48. The van der Waals surface area contributed by atoms with E-state index in [2.05, 4.69) is 69.0 Å². The Hall–Kier alpha value is -0.273. The van der Waals surface area contributed by atoms with Gasteiger partial charge in [0.2, 0.25) is 0 Å². The Kier molecular flexibility index (Phi) is 7.25. The molecule has 2 rings (SSSR count). The zero-order valence-electron chi connectivity index (χ0n) is 18.5. The summed E-state index contributed by atoms with van der Waals surface area (Å²) in [6.45, 7) is 15.8. The van der Waals surface area contributed by atoms with Gasteiger partial charge in [-0.25, -0.2) is 4.39 Å². The molecule has 160 valence electrons. The van der Waals surface area contributed by atoms with E-state index in [-0.39, 0.29) is 34.6 Å². The van der Waals surface area contributed by atoms with Crippen molar-refractivity contribution in [1.82, 2.24) is 5.32 Å². The first-order valence-corrected chi connectivity index (χ1v) is 14.0. The number of rotatable bonds is 7. The maximum Gasteiger partial charge on any atom is 0.192 e. The van der Waals surface area contributed by atoms with E-state index in [1.807, 2.05) is 6.07 Å². The van der Waals surface area contributed by atoms with Gasteiger partial charge in [-0.05, 0) is 85.2 Å². The molecule has 2 atom stereocenters. The second-order valence-corrected chi connectivity index (χ2v) is 15.7. The molecule has 1 aliphatic heterocycles. The Bertz CT molecular complexity index is 690. The molecule has 0 unspecified atom stereocenters. The van der Waals surface area contributed by atoms with Crippen molar-refractivity contribution >= 4 is 24.2 Å². The third-order valence-electron chi connectivity index (χ3n) is 6.70. The molecule has 1 aromatic rings. The summed E-state index contributed by atoms with van der Waals surface area (Å²) in [7, 11) is -1.93. The molecule has 0 aromatic heterocycles. The summed E-state index contributed by atoms with van der Waals surface area (Å²) >= 11 is 3.46. The van der Waals surface area contributed by atoms with E-state index >= 15 is 0 Å². The summed E-state index contributed by atoms with van der Waals surface area (Å²) in [5, 5.41) is 13.4. The van der Waals surface area contributed by atoms with E-state index in [0.717, 1.165) is 24.8 Å². The van der Waals surface area contributed by atoms with Gasteiger partial charge in [-0.2, -0.15) is 0 Å². The molecule has 1 heterocycles. The Balaban J connectivity index is 2.33. The van der Waals surface area contributed by atoms with Crippen LogP contribution in [0.3, 0.4) is 0 Å². The average Bonchev–Trinajstić information content (AvgIpc) is 3.00. The molecule has 0 amide bonds. The minimum Gasteiger partial charge on any atom is -0.410 e. The summed E-state index contributed by atoms with van der Waals surface area (Å²) in [5.41, 5.74) is 0.248. The molecular formula is C22H37BrFNO2Si. The molecule has 0 aliphatic carbocycles. The van der Waals surface area contributed by atoms with Crippen LogP contribution in [0.25, 0.3) is 0 Å². The Morgan fingerprint density at radius 3 is 2.50 bits per heavy atom. The van der Waals surface area contributed by atoms with Crippen LogP contribution in [0.15, 0.2) is 22.7 Å². The van der Waals surface area contributed by atoms with E-state index in [0.29, 0.717) is 10.9 Å². The molecular weight excluding hydrogens is 437 g/mol. The summed E-state index contributed by atoms with van der Waals surface area (Å²) in [5.74, 6) is -0.247. The lowest BCUT2D eigenvalue weighted by atomic mass is 9.84. The molecule has 1 fully saturated rings. The van der Waals surface area contributed by atoms with Crippen LogP contribution in [0.2, 0.25) is 18.1 Å². The van der Waals surface area contributed by atoms with Crippen molar-refractivity contribution in [3.8, 4) is 0 Å². The van der Waals surface area contributed by atoms with Crippen molar-refractivity contribution < 1.29 is 13.9 Å². The Morgan fingerprint density at radius 2 is 1.93 bits per heavy atom. The fourth-order valence-electron chi connectivity index (χ4n) is 4.07. The number of halogens is 2. The van der Waals surface area contributed by atoms with Gasteiger partial charge in [0.15, 0.2) is 8.32 Å². The van der Waals surface area contributed by atoms with Crippen LogP contribution in [0, 0.1) is 5.82 Å². The van der Waals surface area contributed by atoms with Crippen LogP contribution < -0.4 is 5.32 Å². The molecule has 3 nitrogen and oxygen atoms in total. The first-order valence-electron chi connectivity index (χ1n) is 10.3. The van der Waals surface area contributed by atoms with Crippen molar-refractivity contribution in [3.63, 3.8) is 0 Å². The van der Waals surface area contributed by atoms with Crippen molar-refractivity contribution in [2.24, 2.45) is 0 Å². The number of aliphatic hydroxyl groups is 1. The minimum absolute atomic E-state index is 0.130. The standard InChI is InChI=1S/C22H37BrFNO2Si/c1-20(2,3)28(6,7)27-21(4,5)18-12-14-22(25-18,13-9-15-26)16-10-8-11-17(24)19(16)23/h8,10-11,18,25-26H,9,12-15H2,1-7H3/t18-,22+/m1/s1. The second kappa shape index (κ2) is 8.46. The SMILES string of the molecule is CC(C)(O[Si](C)(C)C(C)(C)C)[C@H]1CC[C@@](CCCO)(c2cccc(F)c2Br)N1. The van der Waals surface area contributed by atoms with Gasteiger partial charge in [0.25, 0.3) is 0 Å². The van der Waals surface area contributed by atoms with E-state index in [9.17, 15) is 9.50 Å². The number of aliphatic hydroxyl groups excluding tert-OH is 1. The van der Waals surface area contributed by atoms with Crippen molar-refractivity contribution in [1.29, 1.82) is 0 Å². The smallest absolute Gasteiger partial charge is 0.192 e. The van der Waals surface area contributed by atoms with Crippen molar-refractivity contribution in [2.45, 2.75) is 95.6 Å². The lowest BCUT2D eigenvalue weighted by Gasteiger charge is -2.46. The molecule has 28 heavy (non-hydrogen) atoms. The number of benzene rings is 1. The highest BCUT2D eigenvalue weighted by Gasteiger charge is 2.49. The highest BCUT2D eigenvalue weighted by atomic mass is 79.9. The first-order chi connectivity index (χ1) is 12.8. The van der Waals surface area contributed by atoms with Gasteiger partial charge in [-0.1, -0.05) is 32.9 Å². The zero-order chi connectivity index (χ0) is 21.4. The molecule has 1 saturated heterocycles. The predicted molar refractivity (Wildman–Crippen MR) is 121 cm³/mol. The topological polar surface area (TPSA) is 41.5 Å². The first kappa shape index (κ1) is 24.0. The molecule has 0 radical (unpaired) electrons. The molecule has 1 aromatic carbocycles. The van der Waals surface area contributed by atoms with Crippen LogP contribution >= 0.6 is 15.9 Å². The van der Waals surface area contributed by atoms with E-state index in [4.69, 9.17) is 4.43 Å². The maximum atomic E-state index is 14.3. The summed E-state index contributed by atoms with van der Waals surface area (Å²) in [6.07, 6.45) is 3.28. The maximum absolute atomic E-state index is 14.3. The third kappa shape index (κ3) is 4.89. The molecule has 6 heteroatoms. The monoisotopic (exact) mass is 473 g/mol. The van der Waals surface area contributed by atoms with Crippen LogP contribution in [0.1, 0.15) is 65.9 Å². The molecule has 0 saturated carbocycles. The number of hydrogen-bond acceptors (Lipinski definition) is 3. The molecule has 0 spiro atoms. The van der Waals surface area contributed by atoms with Crippen molar-refractivity contribution in [3.05, 3.63) is 34.1 Å². The predicted octanol–water partition coefficient (Wildman–Crippen LogP) is 6.11. The Labute approximate surface area is 179 Å². The molecule has 2 N–H and O–H groups in total. The van der Waals surface area contributed by atoms with Gasteiger partial charge in [0.1, 0.15) is 5.82 Å². The van der Waals surface area contributed by atoms with Crippen LogP contribution in [-0.2, 0) is 9.96 Å². The Morgan fingerprint density at radius 1 is 1.29 bits per heavy atom. The lowest BCUT2D eigenvalue weighted by Crippen LogP contribution is -2.56. The van der Waals surface area contributed by atoms with Gasteiger partial charge >= 0.3 is 0 Å².